The predicted molar refractivity (Wildman–Crippen MR) is 124 cm³/mol. The summed E-state index contributed by atoms with van der Waals surface area (Å²) in [5.41, 5.74) is 6.05. The first-order chi connectivity index (χ1) is 14.5. The van der Waals surface area contributed by atoms with Crippen molar-refractivity contribution < 1.29 is 4.74 Å². The zero-order valence-electron chi connectivity index (χ0n) is 17.9. The van der Waals surface area contributed by atoms with E-state index in [9.17, 15) is 0 Å². The molecule has 3 aromatic rings. The molecule has 2 atom stereocenters. The normalized spacial score (nSPS) is 18.5. The Balaban J connectivity index is 1.76. The number of hydrogen-bond donors (Lipinski definition) is 1. The largest absolute Gasteiger partial charge is 0.497 e. The molecule has 3 heterocycles. The SMILES string of the molecule is CCn1c(C)cc([C@H]2[C@H](c3ccccn3)NC(=S)N2Cc2ccc(OC)cc2)c1C. The van der Waals surface area contributed by atoms with Crippen LogP contribution in [-0.2, 0) is 13.1 Å². The standard InChI is InChI=1S/C24H28N4OS/c1-5-27-16(2)14-20(17(27)3)23-22(21-8-6-7-13-25-21)26-24(30)28(23)15-18-9-11-19(29-4)12-10-18/h6-14,22-23H,5,15H2,1-4H3,(H,26,30)/t22-,23-/m0/s1. The summed E-state index contributed by atoms with van der Waals surface area (Å²) in [4.78, 5) is 6.93. The number of benzene rings is 1. The van der Waals surface area contributed by atoms with E-state index < -0.39 is 0 Å². The third kappa shape index (κ3) is 3.67. The molecule has 0 radical (unpaired) electrons. The molecule has 1 aliphatic rings. The predicted octanol–water partition coefficient (Wildman–Crippen LogP) is 4.70. The van der Waals surface area contributed by atoms with Gasteiger partial charge in [-0.05, 0) is 74.4 Å². The number of aryl methyl sites for hydroxylation is 1. The molecule has 2 aromatic heterocycles. The third-order valence-corrected chi connectivity index (χ3v) is 6.31. The van der Waals surface area contributed by atoms with Crippen LogP contribution in [0.2, 0.25) is 0 Å². The topological polar surface area (TPSA) is 42.3 Å². The molecule has 0 aliphatic carbocycles. The molecule has 1 N–H and O–H groups in total. The van der Waals surface area contributed by atoms with Crippen LogP contribution < -0.4 is 10.1 Å². The molecule has 0 bridgehead atoms. The molecule has 1 aliphatic heterocycles. The van der Waals surface area contributed by atoms with Crippen LogP contribution in [0, 0.1) is 13.8 Å². The molecule has 156 valence electrons. The van der Waals surface area contributed by atoms with E-state index >= 15 is 0 Å². The number of aromatic nitrogens is 2. The van der Waals surface area contributed by atoms with Crippen molar-refractivity contribution in [3.8, 4) is 5.75 Å². The van der Waals surface area contributed by atoms with Crippen LogP contribution in [-0.4, -0.2) is 26.7 Å². The van der Waals surface area contributed by atoms with Gasteiger partial charge in [-0.3, -0.25) is 4.98 Å². The van der Waals surface area contributed by atoms with Crippen LogP contribution in [0.1, 0.15) is 47.2 Å². The van der Waals surface area contributed by atoms with Crippen LogP contribution in [0.3, 0.4) is 0 Å². The maximum atomic E-state index is 5.81. The highest BCUT2D eigenvalue weighted by Gasteiger charge is 2.41. The van der Waals surface area contributed by atoms with Crippen molar-refractivity contribution in [3.63, 3.8) is 0 Å². The highest BCUT2D eigenvalue weighted by Crippen LogP contribution is 2.41. The van der Waals surface area contributed by atoms with E-state index in [2.05, 4.69) is 64.8 Å². The van der Waals surface area contributed by atoms with Gasteiger partial charge in [0.15, 0.2) is 5.11 Å². The summed E-state index contributed by atoms with van der Waals surface area (Å²) in [6, 6.07) is 16.6. The van der Waals surface area contributed by atoms with Crippen molar-refractivity contribution in [2.24, 2.45) is 0 Å². The molecule has 0 spiro atoms. The second-order valence-corrected chi connectivity index (χ2v) is 8.06. The number of rotatable bonds is 6. The number of ether oxygens (including phenoxy) is 1. The Morgan fingerprint density at radius 1 is 1.13 bits per heavy atom. The van der Waals surface area contributed by atoms with Crippen LogP contribution in [0.15, 0.2) is 54.7 Å². The lowest BCUT2D eigenvalue weighted by atomic mass is 9.96. The number of methoxy groups -OCH3 is 1. The number of thiocarbonyl (C=S) groups is 1. The molecule has 0 saturated carbocycles. The average molecular weight is 421 g/mol. The second kappa shape index (κ2) is 8.48. The van der Waals surface area contributed by atoms with Gasteiger partial charge in [-0.1, -0.05) is 18.2 Å². The summed E-state index contributed by atoms with van der Waals surface area (Å²) in [6.07, 6.45) is 1.85. The third-order valence-electron chi connectivity index (χ3n) is 5.96. The molecular formula is C24H28N4OS. The van der Waals surface area contributed by atoms with Gasteiger partial charge in [0.25, 0.3) is 0 Å². The first-order valence-electron chi connectivity index (χ1n) is 10.3. The Morgan fingerprint density at radius 3 is 2.50 bits per heavy atom. The van der Waals surface area contributed by atoms with Gasteiger partial charge < -0.3 is 19.5 Å². The maximum absolute atomic E-state index is 5.81. The highest BCUT2D eigenvalue weighted by molar-refractivity contribution is 7.80. The molecule has 30 heavy (non-hydrogen) atoms. The molecule has 0 unspecified atom stereocenters. The zero-order valence-corrected chi connectivity index (χ0v) is 18.7. The smallest absolute Gasteiger partial charge is 0.170 e. The molecule has 5 nitrogen and oxygen atoms in total. The Morgan fingerprint density at radius 2 is 1.90 bits per heavy atom. The molecule has 1 aromatic carbocycles. The zero-order chi connectivity index (χ0) is 21.3. The van der Waals surface area contributed by atoms with E-state index in [1.165, 1.54) is 22.5 Å². The van der Waals surface area contributed by atoms with Gasteiger partial charge >= 0.3 is 0 Å². The minimum absolute atomic E-state index is 0.00255. The van der Waals surface area contributed by atoms with Crippen LogP contribution in [0.4, 0.5) is 0 Å². The van der Waals surface area contributed by atoms with Crippen molar-refractivity contribution >= 4 is 17.3 Å². The highest BCUT2D eigenvalue weighted by atomic mass is 32.1. The average Bonchev–Trinajstić information content (AvgIpc) is 3.24. The Bertz CT molecular complexity index is 1030. The van der Waals surface area contributed by atoms with E-state index in [0.717, 1.165) is 29.6 Å². The summed E-state index contributed by atoms with van der Waals surface area (Å²) in [7, 11) is 1.69. The number of nitrogens with zero attached hydrogens (tertiary/aromatic N) is 3. The molecular weight excluding hydrogens is 392 g/mol. The van der Waals surface area contributed by atoms with Crippen LogP contribution in [0.5, 0.6) is 5.75 Å². The maximum Gasteiger partial charge on any atom is 0.170 e. The number of hydrogen-bond acceptors (Lipinski definition) is 3. The van der Waals surface area contributed by atoms with Gasteiger partial charge in [0, 0.05) is 30.7 Å². The van der Waals surface area contributed by atoms with Gasteiger partial charge in [0.2, 0.25) is 0 Å². The van der Waals surface area contributed by atoms with Crippen molar-refractivity contribution in [1.82, 2.24) is 19.8 Å². The van der Waals surface area contributed by atoms with E-state index in [-0.39, 0.29) is 12.1 Å². The van der Waals surface area contributed by atoms with Gasteiger partial charge in [0.05, 0.1) is 24.9 Å². The summed E-state index contributed by atoms with van der Waals surface area (Å²) in [5.74, 6) is 0.857. The van der Waals surface area contributed by atoms with Crippen molar-refractivity contribution in [2.75, 3.05) is 7.11 Å². The van der Waals surface area contributed by atoms with Gasteiger partial charge in [-0.25, -0.2) is 0 Å². The van der Waals surface area contributed by atoms with E-state index in [1.807, 2.05) is 30.5 Å². The molecule has 1 saturated heterocycles. The lowest BCUT2D eigenvalue weighted by Gasteiger charge is -2.28. The molecule has 1 fully saturated rings. The summed E-state index contributed by atoms with van der Waals surface area (Å²) >= 11 is 5.81. The van der Waals surface area contributed by atoms with Gasteiger partial charge in [-0.15, -0.1) is 0 Å². The van der Waals surface area contributed by atoms with Crippen LogP contribution >= 0.6 is 12.2 Å². The first-order valence-corrected chi connectivity index (χ1v) is 10.7. The minimum Gasteiger partial charge on any atom is -0.497 e. The summed E-state index contributed by atoms with van der Waals surface area (Å²) in [6.45, 7) is 8.24. The lowest BCUT2D eigenvalue weighted by Crippen LogP contribution is -2.29. The Hall–Kier alpha value is -2.86. The van der Waals surface area contributed by atoms with Crippen molar-refractivity contribution in [2.45, 2.75) is 45.9 Å². The fourth-order valence-electron chi connectivity index (χ4n) is 4.46. The fourth-order valence-corrected chi connectivity index (χ4v) is 4.76. The Labute approximate surface area is 183 Å². The van der Waals surface area contributed by atoms with Crippen molar-refractivity contribution in [1.29, 1.82) is 0 Å². The van der Waals surface area contributed by atoms with Crippen molar-refractivity contribution in [3.05, 3.63) is 82.9 Å². The summed E-state index contributed by atoms with van der Waals surface area (Å²) < 4.78 is 7.67. The lowest BCUT2D eigenvalue weighted by molar-refractivity contribution is 0.309. The van der Waals surface area contributed by atoms with E-state index in [1.54, 1.807) is 7.11 Å². The number of nitrogens with one attached hydrogen (secondary N) is 1. The first kappa shape index (κ1) is 20.4. The fraction of sp³-hybridized carbons (Fsp3) is 0.333. The summed E-state index contributed by atoms with van der Waals surface area (Å²) in [5, 5.41) is 4.30. The van der Waals surface area contributed by atoms with E-state index in [4.69, 9.17) is 17.0 Å². The van der Waals surface area contributed by atoms with Gasteiger partial charge in [0.1, 0.15) is 5.75 Å². The Kier molecular flexibility index (Phi) is 5.77. The second-order valence-electron chi connectivity index (χ2n) is 7.67. The monoisotopic (exact) mass is 420 g/mol. The number of pyridine rings is 1. The molecule has 0 amide bonds. The van der Waals surface area contributed by atoms with Gasteiger partial charge in [-0.2, -0.15) is 0 Å². The minimum atomic E-state index is 0.00255. The van der Waals surface area contributed by atoms with Crippen LogP contribution in [0.25, 0.3) is 0 Å². The quantitative estimate of drug-likeness (QED) is 0.586. The molecule has 4 rings (SSSR count). The molecule has 6 heteroatoms. The van der Waals surface area contributed by atoms with E-state index in [0.29, 0.717) is 0 Å².